The molecule has 0 saturated carbocycles. The van der Waals surface area contributed by atoms with Gasteiger partial charge in [0.1, 0.15) is 0 Å². The Labute approximate surface area is 153 Å². The van der Waals surface area contributed by atoms with Gasteiger partial charge in [-0.05, 0) is 44.7 Å². The van der Waals surface area contributed by atoms with Gasteiger partial charge in [-0.3, -0.25) is 14.6 Å². The second-order valence-electron chi connectivity index (χ2n) is 7.20. The average Bonchev–Trinajstić information content (AvgIpc) is 3.04. The zero-order valence-corrected chi connectivity index (χ0v) is 15.4. The summed E-state index contributed by atoms with van der Waals surface area (Å²) >= 11 is 0. The number of carbonyl (C=O) groups is 2. The summed E-state index contributed by atoms with van der Waals surface area (Å²) in [6.45, 7) is 5.17. The van der Waals surface area contributed by atoms with Crippen LogP contribution in [0, 0.1) is 5.92 Å². The molecule has 7 heteroatoms. The van der Waals surface area contributed by atoms with Gasteiger partial charge in [0.25, 0.3) is 0 Å². The highest BCUT2D eigenvalue weighted by molar-refractivity contribution is 5.86. The third kappa shape index (κ3) is 4.04. The van der Waals surface area contributed by atoms with Crippen molar-refractivity contribution in [2.75, 3.05) is 13.1 Å². The van der Waals surface area contributed by atoms with Gasteiger partial charge in [-0.15, -0.1) is 0 Å². The van der Waals surface area contributed by atoms with Crippen LogP contribution >= 0.6 is 0 Å². The Hall–Kier alpha value is -2.41. The van der Waals surface area contributed by atoms with E-state index in [4.69, 9.17) is 5.73 Å². The minimum atomic E-state index is -0.451. The molecule has 0 aromatic carbocycles. The Bertz CT molecular complexity index is 777. The number of hydrogen-bond donors (Lipinski definition) is 3. The maximum absolute atomic E-state index is 12.4. The van der Waals surface area contributed by atoms with Gasteiger partial charge in [0.15, 0.2) is 0 Å². The molecule has 2 aromatic heterocycles. The van der Waals surface area contributed by atoms with Crippen molar-refractivity contribution in [1.29, 1.82) is 0 Å². The molecule has 26 heavy (non-hydrogen) atoms. The van der Waals surface area contributed by atoms with Crippen molar-refractivity contribution in [2.45, 2.75) is 45.2 Å². The fraction of sp³-hybridized carbons (Fsp3) is 0.526. The van der Waals surface area contributed by atoms with E-state index in [1.807, 2.05) is 30.2 Å². The standard InChI is InChI=1S/C19H27N5O2/c1-12(20)19(26)24-8-5-14(6-9-24)13(2)23-17(25)10-15-11-22-16-4-3-7-21-18(15)16/h3-4,7,11-14,22H,5-6,8-10,20H2,1-2H3,(H,23,25). The van der Waals surface area contributed by atoms with Gasteiger partial charge in [-0.2, -0.15) is 0 Å². The summed E-state index contributed by atoms with van der Waals surface area (Å²) in [5.41, 5.74) is 8.37. The molecule has 3 heterocycles. The molecule has 0 radical (unpaired) electrons. The lowest BCUT2D eigenvalue weighted by molar-refractivity contribution is -0.134. The van der Waals surface area contributed by atoms with Crippen molar-refractivity contribution >= 4 is 22.8 Å². The number of fused-ring (bicyclic) bond motifs is 1. The summed E-state index contributed by atoms with van der Waals surface area (Å²) in [6.07, 6.45) is 5.66. The number of amides is 2. The van der Waals surface area contributed by atoms with Gasteiger partial charge >= 0.3 is 0 Å². The number of nitrogens with zero attached hydrogens (tertiary/aromatic N) is 2. The van der Waals surface area contributed by atoms with E-state index in [-0.39, 0.29) is 17.9 Å². The van der Waals surface area contributed by atoms with E-state index < -0.39 is 6.04 Å². The summed E-state index contributed by atoms with van der Waals surface area (Å²) < 4.78 is 0. The van der Waals surface area contributed by atoms with Crippen LogP contribution in [-0.4, -0.2) is 51.9 Å². The molecule has 1 aliphatic rings. The van der Waals surface area contributed by atoms with Crippen LogP contribution in [-0.2, 0) is 16.0 Å². The normalized spacial score (nSPS) is 17.9. The summed E-state index contributed by atoms with van der Waals surface area (Å²) in [5.74, 6) is 0.377. The first-order valence-corrected chi connectivity index (χ1v) is 9.20. The van der Waals surface area contributed by atoms with Crippen LogP contribution in [0.5, 0.6) is 0 Å². The quantitative estimate of drug-likeness (QED) is 0.748. The molecule has 1 fully saturated rings. The third-order valence-corrected chi connectivity index (χ3v) is 5.20. The van der Waals surface area contributed by atoms with Crippen molar-refractivity contribution in [2.24, 2.45) is 11.7 Å². The topological polar surface area (TPSA) is 104 Å². The number of pyridine rings is 1. The van der Waals surface area contributed by atoms with E-state index in [0.29, 0.717) is 25.4 Å². The number of nitrogens with one attached hydrogen (secondary N) is 2. The molecule has 1 saturated heterocycles. The number of rotatable bonds is 5. The number of aromatic nitrogens is 2. The first kappa shape index (κ1) is 18.4. The summed E-state index contributed by atoms with van der Waals surface area (Å²) in [6, 6.07) is 3.44. The van der Waals surface area contributed by atoms with Gasteiger partial charge in [-0.25, -0.2) is 0 Å². The van der Waals surface area contributed by atoms with E-state index in [1.54, 1.807) is 13.1 Å². The zero-order valence-electron chi connectivity index (χ0n) is 15.4. The maximum Gasteiger partial charge on any atom is 0.239 e. The van der Waals surface area contributed by atoms with Gasteiger partial charge in [0, 0.05) is 37.1 Å². The first-order valence-electron chi connectivity index (χ1n) is 9.20. The number of likely N-dealkylation sites (tertiary alicyclic amines) is 1. The van der Waals surface area contributed by atoms with Crippen molar-refractivity contribution in [1.82, 2.24) is 20.2 Å². The van der Waals surface area contributed by atoms with Gasteiger partial charge in [0.05, 0.1) is 23.5 Å². The van der Waals surface area contributed by atoms with Gasteiger partial charge in [-0.1, -0.05) is 0 Å². The third-order valence-electron chi connectivity index (χ3n) is 5.20. The highest BCUT2D eigenvalue weighted by Crippen LogP contribution is 2.21. The second kappa shape index (κ2) is 7.86. The Morgan fingerprint density at radius 2 is 2.12 bits per heavy atom. The number of H-pyrrole nitrogens is 1. The van der Waals surface area contributed by atoms with E-state index in [2.05, 4.69) is 15.3 Å². The Balaban J connectivity index is 1.51. The van der Waals surface area contributed by atoms with E-state index in [9.17, 15) is 9.59 Å². The zero-order chi connectivity index (χ0) is 18.7. The molecule has 0 bridgehead atoms. The number of piperidine rings is 1. The minimum Gasteiger partial charge on any atom is -0.360 e. The Morgan fingerprint density at radius 1 is 1.38 bits per heavy atom. The van der Waals surface area contributed by atoms with Crippen LogP contribution in [0.15, 0.2) is 24.5 Å². The van der Waals surface area contributed by atoms with E-state index >= 15 is 0 Å². The first-order chi connectivity index (χ1) is 12.5. The Kier molecular flexibility index (Phi) is 5.56. The largest absolute Gasteiger partial charge is 0.360 e. The average molecular weight is 357 g/mol. The van der Waals surface area contributed by atoms with Crippen molar-refractivity contribution in [3.63, 3.8) is 0 Å². The van der Waals surface area contributed by atoms with Crippen LogP contribution in [0.4, 0.5) is 0 Å². The highest BCUT2D eigenvalue weighted by Gasteiger charge is 2.28. The molecule has 3 rings (SSSR count). The molecule has 4 N–H and O–H groups in total. The van der Waals surface area contributed by atoms with Crippen LogP contribution in [0.25, 0.3) is 11.0 Å². The minimum absolute atomic E-state index is 0.00172. The molecule has 0 spiro atoms. The van der Waals surface area contributed by atoms with Crippen LogP contribution < -0.4 is 11.1 Å². The number of aromatic amines is 1. The molecule has 0 aliphatic carbocycles. The molecule has 2 aromatic rings. The lowest BCUT2D eigenvalue weighted by Crippen LogP contribution is -2.49. The predicted octanol–water partition coefficient (Wildman–Crippen LogP) is 1.20. The number of hydrogen-bond acceptors (Lipinski definition) is 4. The SMILES string of the molecule is CC(N)C(=O)N1CCC(C(C)NC(=O)Cc2c[nH]c3cccnc23)CC1. The van der Waals surface area contributed by atoms with Crippen LogP contribution in [0.2, 0.25) is 0 Å². The number of carbonyl (C=O) groups excluding carboxylic acids is 2. The van der Waals surface area contributed by atoms with Gasteiger partial charge in [0.2, 0.25) is 11.8 Å². The van der Waals surface area contributed by atoms with Crippen molar-refractivity contribution in [3.8, 4) is 0 Å². The molecule has 2 atom stereocenters. The maximum atomic E-state index is 12.4. The smallest absolute Gasteiger partial charge is 0.239 e. The fourth-order valence-electron chi connectivity index (χ4n) is 3.65. The molecule has 2 unspecified atom stereocenters. The molecular weight excluding hydrogens is 330 g/mol. The molecular formula is C19H27N5O2. The van der Waals surface area contributed by atoms with Crippen molar-refractivity contribution in [3.05, 3.63) is 30.1 Å². The van der Waals surface area contributed by atoms with Gasteiger partial charge < -0.3 is 20.9 Å². The summed E-state index contributed by atoms with van der Waals surface area (Å²) in [5, 5.41) is 3.11. The second-order valence-corrected chi connectivity index (χ2v) is 7.20. The molecule has 7 nitrogen and oxygen atoms in total. The van der Waals surface area contributed by atoms with Crippen LogP contribution in [0.1, 0.15) is 32.3 Å². The lowest BCUT2D eigenvalue weighted by atomic mass is 9.90. The highest BCUT2D eigenvalue weighted by atomic mass is 16.2. The predicted molar refractivity (Wildman–Crippen MR) is 100 cm³/mol. The summed E-state index contributed by atoms with van der Waals surface area (Å²) in [7, 11) is 0. The monoisotopic (exact) mass is 357 g/mol. The molecule has 140 valence electrons. The van der Waals surface area contributed by atoms with Crippen LogP contribution in [0.3, 0.4) is 0 Å². The molecule has 1 aliphatic heterocycles. The van der Waals surface area contributed by atoms with Crippen molar-refractivity contribution < 1.29 is 9.59 Å². The fourth-order valence-corrected chi connectivity index (χ4v) is 3.65. The molecule has 2 amide bonds. The number of nitrogens with two attached hydrogens (primary N) is 1. The summed E-state index contributed by atoms with van der Waals surface area (Å²) in [4.78, 5) is 33.7. The lowest BCUT2D eigenvalue weighted by Gasteiger charge is -2.35. The van der Waals surface area contributed by atoms with E-state index in [0.717, 1.165) is 29.4 Å². The van der Waals surface area contributed by atoms with E-state index in [1.165, 1.54) is 0 Å². The Morgan fingerprint density at radius 3 is 2.81 bits per heavy atom.